The summed E-state index contributed by atoms with van der Waals surface area (Å²) < 4.78 is 5.08. The molecule has 0 aliphatic rings. The summed E-state index contributed by atoms with van der Waals surface area (Å²) in [6.45, 7) is 2.18. The third-order valence-electron chi connectivity index (χ3n) is 2.53. The second-order valence-electron chi connectivity index (χ2n) is 3.53. The Hall–Kier alpha value is -1.09. The molecule has 2 aromatic rings. The van der Waals surface area contributed by atoms with Gasteiger partial charge in [-0.05, 0) is 29.7 Å². The normalized spacial score (nSPS) is 14.8. The van der Waals surface area contributed by atoms with Crippen molar-refractivity contribution in [1.82, 2.24) is 4.98 Å². The van der Waals surface area contributed by atoms with Crippen LogP contribution in [0.3, 0.4) is 0 Å². The molecule has 0 saturated carbocycles. The molecule has 0 saturated heterocycles. The molecule has 2 heterocycles. The fourth-order valence-electron chi connectivity index (χ4n) is 1.56. The number of hydrogen-bond donors (Lipinski definition) is 0. The van der Waals surface area contributed by atoms with Gasteiger partial charge in [0.2, 0.25) is 0 Å². The number of nitrogens with zero attached hydrogens (tertiary/aromatic N) is 1. The van der Waals surface area contributed by atoms with E-state index in [0.29, 0.717) is 5.92 Å². The molecule has 0 aromatic carbocycles. The largest absolute Gasteiger partial charge is 0.472 e. The average molecular weight is 266 g/mol. The van der Waals surface area contributed by atoms with E-state index in [0.717, 1.165) is 0 Å². The molecule has 0 aliphatic heterocycles. The zero-order valence-electron chi connectivity index (χ0n) is 8.43. The van der Waals surface area contributed by atoms with Crippen molar-refractivity contribution in [2.24, 2.45) is 0 Å². The van der Waals surface area contributed by atoms with Gasteiger partial charge in [0.25, 0.3) is 0 Å². The molecule has 2 nitrogen and oxygen atoms in total. The van der Waals surface area contributed by atoms with Gasteiger partial charge in [0.05, 0.1) is 12.5 Å². The van der Waals surface area contributed by atoms with E-state index in [2.05, 4.69) is 27.8 Å². The molecule has 78 valence electrons. The second-order valence-corrected chi connectivity index (χ2v) is 4.51. The van der Waals surface area contributed by atoms with Crippen LogP contribution < -0.4 is 0 Å². The Labute approximate surface area is 97.5 Å². The highest BCUT2D eigenvalue weighted by atomic mass is 79.9. The van der Waals surface area contributed by atoms with Crippen molar-refractivity contribution in [3.63, 3.8) is 0 Å². The summed E-state index contributed by atoms with van der Waals surface area (Å²) in [6, 6.07) is 6.06. The minimum Gasteiger partial charge on any atom is -0.472 e. The lowest BCUT2D eigenvalue weighted by atomic mass is 9.96. The Balaban J connectivity index is 2.18. The number of aromatic nitrogens is 1. The van der Waals surface area contributed by atoms with E-state index in [9.17, 15) is 0 Å². The van der Waals surface area contributed by atoms with Crippen molar-refractivity contribution >= 4 is 15.9 Å². The highest BCUT2D eigenvalue weighted by Gasteiger charge is 2.18. The predicted molar refractivity (Wildman–Crippen MR) is 63.0 cm³/mol. The molecular formula is C12H12BrNO. The van der Waals surface area contributed by atoms with Crippen molar-refractivity contribution in [2.45, 2.75) is 17.7 Å². The van der Waals surface area contributed by atoms with Crippen LogP contribution in [0, 0.1) is 0 Å². The minimum atomic E-state index is 0.277. The van der Waals surface area contributed by atoms with Crippen LogP contribution in [0.2, 0.25) is 0 Å². The van der Waals surface area contributed by atoms with Crippen LogP contribution in [-0.4, -0.2) is 4.98 Å². The van der Waals surface area contributed by atoms with Gasteiger partial charge in [0.1, 0.15) is 0 Å². The van der Waals surface area contributed by atoms with Crippen molar-refractivity contribution in [1.29, 1.82) is 0 Å². The molecule has 0 radical (unpaired) electrons. The summed E-state index contributed by atoms with van der Waals surface area (Å²) in [5.41, 5.74) is 2.44. The molecule has 15 heavy (non-hydrogen) atoms. The Morgan fingerprint density at radius 3 is 2.53 bits per heavy atom. The minimum absolute atomic E-state index is 0.277. The molecular weight excluding hydrogens is 254 g/mol. The van der Waals surface area contributed by atoms with Crippen LogP contribution in [0.25, 0.3) is 0 Å². The second kappa shape index (κ2) is 4.62. The standard InChI is InChI=1S/C12H12BrNO/c1-9(10-2-5-14-6-3-10)12(13)11-4-7-15-8-11/h2-9,12H,1H3. The van der Waals surface area contributed by atoms with Gasteiger partial charge in [0, 0.05) is 22.8 Å². The summed E-state index contributed by atoms with van der Waals surface area (Å²) in [5, 5.41) is 0. The Kier molecular flexibility index (Phi) is 3.21. The number of pyridine rings is 1. The van der Waals surface area contributed by atoms with Gasteiger partial charge >= 0.3 is 0 Å². The lowest BCUT2D eigenvalue weighted by Gasteiger charge is -2.17. The quantitative estimate of drug-likeness (QED) is 0.787. The number of alkyl halides is 1. The summed E-state index contributed by atoms with van der Waals surface area (Å²) in [4.78, 5) is 4.29. The Bertz CT molecular complexity index is 399. The molecule has 2 aromatic heterocycles. The number of rotatable bonds is 3. The van der Waals surface area contributed by atoms with Gasteiger partial charge in [-0.3, -0.25) is 4.98 Å². The smallest absolute Gasteiger partial charge is 0.0946 e. The topological polar surface area (TPSA) is 26.0 Å². The number of furan rings is 1. The maximum absolute atomic E-state index is 5.08. The van der Waals surface area contributed by atoms with Crippen molar-refractivity contribution in [3.05, 3.63) is 54.2 Å². The summed E-state index contributed by atoms with van der Waals surface area (Å²) in [7, 11) is 0. The summed E-state index contributed by atoms with van der Waals surface area (Å²) in [5.74, 6) is 0.394. The third-order valence-corrected chi connectivity index (χ3v) is 3.85. The molecule has 3 heteroatoms. The van der Waals surface area contributed by atoms with Crippen LogP contribution in [0.15, 0.2) is 47.5 Å². The first kappa shape index (κ1) is 10.4. The van der Waals surface area contributed by atoms with Gasteiger partial charge in [-0.15, -0.1) is 0 Å². The van der Waals surface area contributed by atoms with Crippen LogP contribution in [0.4, 0.5) is 0 Å². The van der Waals surface area contributed by atoms with E-state index in [1.165, 1.54) is 11.1 Å². The van der Waals surface area contributed by atoms with Gasteiger partial charge in [-0.25, -0.2) is 0 Å². The van der Waals surface area contributed by atoms with Crippen molar-refractivity contribution in [2.75, 3.05) is 0 Å². The SMILES string of the molecule is CC(c1ccncc1)C(Br)c1ccoc1. The molecule has 2 unspecified atom stereocenters. The highest BCUT2D eigenvalue weighted by Crippen LogP contribution is 2.37. The zero-order valence-corrected chi connectivity index (χ0v) is 10.0. The fraction of sp³-hybridized carbons (Fsp3) is 0.250. The van der Waals surface area contributed by atoms with Crippen molar-refractivity contribution in [3.8, 4) is 0 Å². The average Bonchev–Trinajstić information content (AvgIpc) is 2.82. The zero-order chi connectivity index (χ0) is 10.7. The maximum Gasteiger partial charge on any atom is 0.0946 e. The highest BCUT2D eigenvalue weighted by molar-refractivity contribution is 9.09. The summed E-state index contributed by atoms with van der Waals surface area (Å²) >= 11 is 3.69. The first-order valence-electron chi connectivity index (χ1n) is 4.85. The molecule has 2 rings (SSSR count). The number of hydrogen-bond acceptors (Lipinski definition) is 2. The Morgan fingerprint density at radius 1 is 1.20 bits per heavy atom. The van der Waals surface area contributed by atoms with E-state index < -0.39 is 0 Å². The monoisotopic (exact) mass is 265 g/mol. The lowest BCUT2D eigenvalue weighted by molar-refractivity contribution is 0.561. The first-order chi connectivity index (χ1) is 7.29. The number of halogens is 1. The molecule has 0 bridgehead atoms. The van der Waals surface area contributed by atoms with Crippen LogP contribution in [-0.2, 0) is 0 Å². The maximum atomic E-state index is 5.08. The molecule has 0 aliphatic carbocycles. The first-order valence-corrected chi connectivity index (χ1v) is 5.76. The van der Waals surface area contributed by atoms with E-state index in [-0.39, 0.29) is 4.83 Å². The molecule has 0 N–H and O–H groups in total. The van der Waals surface area contributed by atoms with Crippen LogP contribution in [0.1, 0.15) is 28.8 Å². The Morgan fingerprint density at radius 2 is 1.93 bits per heavy atom. The van der Waals surface area contributed by atoms with Gasteiger partial charge in [-0.2, -0.15) is 0 Å². The third kappa shape index (κ3) is 2.29. The van der Waals surface area contributed by atoms with Gasteiger partial charge in [-0.1, -0.05) is 22.9 Å². The van der Waals surface area contributed by atoms with Crippen LogP contribution >= 0.6 is 15.9 Å². The molecule has 0 spiro atoms. The van der Waals surface area contributed by atoms with Gasteiger partial charge in [0.15, 0.2) is 0 Å². The lowest BCUT2D eigenvalue weighted by Crippen LogP contribution is -2.01. The molecule has 0 amide bonds. The van der Waals surface area contributed by atoms with Gasteiger partial charge < -0.3 is 4.42 Å². The summed E-state index contributed by atoms with van der Waals surface area (Å²) in [6.07, 6.45) is 7.11. The fourth-order valence-corrected chi connectivity index (χ4v) is 2.12. The van der Waals surface area contributed by atoms with Crippen molar-refractivity contribution < 1.29 is 4.42 Å². The van der Waals surface area contributed by atoms with E-state index in [4.69, 9.17) is 4.42 Å². The van der Waals surface area contributed by atoms with E-state index in [1.807, 2.05) is 30.6 Å². The van der Waals surface area contributed by atoms with E-state index in [1.54, 1.807) is 12.5 Å². The molecule has 2 atom stereocenters. The van der Waals surface area contributed by atoms with E-state index >= 15 is 0 Å². The van der Waals surface area contributed by atoms with Crippen LogP contribution in [0.5, 0.6) is 0 Å². The predicted octanol–water partition coefficient (Wildman–Crippen LogP) is 3.91. The molecule has 0 fully saturated rings.